The summed E-state index contributed by atoms with van der Waals surface area (Å²) in [6.07, 6.45) is 0.869. The van der Waals surface area contributed by atoms with E-state index in [-0.39, 0.29) is 60.5 Å². The summed E-state index contributed by atoms with van der Waals surface area (Å²) in [5.41, 5.74) is 15.9. The number of likely N-dealkylation sites (tertiary alicyclic amines) is 1. The molecule has 14 nitrogen and oxygen atoms in total. The molecule has 302 valence electrons. The Morgan fingerprint density at radius 1 is 1.02 bits per heavy atom. The third-order valence-corrected chi connectivity index (χ3v) is 11.4. The first-order valence-electron chi connectivity index (χ1n) is 19.3. The lowest BCUT2D eigenvalue weighted by atomic mass is 9.85. The van der Waals surface area contributed by atoms with Crippen LogP contribution in [0.1, 0.15) is 85.6 Å². The van der Waals surface area contributed by atoms with Crippen molar-refractivity contribution in [3.8, 4) is 0 Å². The highest BCUT2D eigenvalue weighted by Crippen LogP contribution is 2.31. The van der Waals surface area contributed by atoms with Crippen molar-refractivity contribution in [2.45, 2.75) is 123 Å². The van der Waals surface area contributed by atoms with Crippen LogP contribution >= 0.6 is 0 Å². The van der Waals surface area contributed by atoms with E-state index in [4.69, 9.17) is 15.2 Å². The number of carbonyl (C=O) groups is 5. The molecule has 10 atom stereocenters. The number of azide groups is 1. The van der Waals surface area contributed by atoms with Gasteiger partial charge in [0.25, 0.3) is 0 Å². The fraction of sp³-hybridized carbons (Fsp3) is 0.725. The smallest absolute Gasteiger partial charge is 0.226 e. The van der Waals surface area contributed by atoms with Gasteiger partial charge in [-0.05, 0) is 49.2 Å². The van der Waals surface area contributed by atoms with Gasteiger partial charge in [-0.15, -0.1) is 0 Å². The third kappa shape index (κ3) is 12.3. The average molecular weight is 756 g/mol. The molecule has 1 saturated heterocycles. The van der Waals surface area contributed by atoms with Crippen LogP contribution < -0.4 is 11.1 Å². The summed E-state index contributed by atoms with van der Waals surface area (Å²) in [7, 11) is 6.39. The molecule has 0 bridgehead atoms. The average Bonchev–Trinajstić information content (AvgIpc) is 3.63. The summed E-state index contributed by atoms with van der Waals surface area (Å²) in [5, 5.41) is 6.85. The van der Waals surface area contributed by atoms with Crippen LogP contribution in [-0.2, 0) is 39.9 Å². The predicted molar refractivity (Wildman–Crippen MR) is 208 cm³/mol. The van der Waals surface area contributed by atoms with Gasteiger partial charge in [-0.3, -0.25) is 24.0 Å². The molecule has 0 unspecified atom stereocenters. The Morgan fingerprint density at radius 2 is 1.67 bits per heavy atom. The van der Waals surface area contributed by atoms with Gasteiger partial charge in [0.15, 0.2) is 5.78 Å². The van der Waals surface area contributed by atoms with Gasteiger partial charge >= 0.3 is 0 Å². The normalized spacial score (nSPS) is 19.4. The number of ether oxygens (including phenoxy) is 2. The lowest BCUT2D eigenvalue weighted by Gasteiger charge is -2.40. The number of hydrogen-bond acceptors (Lipinski definition) is 9. The van der Waals surface area contributed by atoms with Crippen molar-refractivity contribution in [1.29, 1.82) is 0 Å². The fourth-order valence-corrected chi connectivity index (χ4v) is 8.04. The fourth-order valence-electron chi connectivity index (χ4n) is 8.04. The zero-order chi connectivity index (χ0) is 40.7. The lowest BCUT2D eigenvalue weighted by molar-refractivity contribution is -0.148. The quantitative estimate of drug-likeness (QED) is 0.0858. The van der Waals surface area contributed by atoms with Gasteiger partial charge in [-0.2, -0.15) is 0 Å². The minimum atomic E-state index is -0.918. The van der Waals surface area contributed by atoms with E-state index in [1.165, 1.54) is 14.2 Å². The number of amides is 3. The molecule has 14 heteroatoms. The van der Waals surface area contributed by atoms with Crippen molar-refractivity contribution in [3.63, 3.8) is 0 Å². The molecule has 2 rings (SSSR count). The van der Waals surface area contributed by atoms with Gasteiger partial charge in [-0.1, -0.05) is 83.4 Å². The van der Waals surface area contributed by atoms with E-state index in [1.54, 1.807) is 37.7 Å². The van der Waals surface area contributed by atoms with Crippen LogP contribution in [0, 0.1) is 29.6 Å². The Kier molecular flexibility index (Phi) is 19.3. The Labute approximate surface area is 321 Å². The van der Waals surface area contributed by atoms with Gasteiger partial charge in [-0.25, -0.2) is 0 Å². The van der Waals surface area contributed by atoms with Gasteiger partial charge in [0, 0.05) is 63.4 Å². The highest BCUT2D eigenvalue weighted by molar-refractivity contribution is 5.90. The molecule has 1 fully saturated rings. The second-order valence-electron chi connectivity index (χ2n) is 15.3. The van der Waals surface area contributed by atoms with Crippen molar-refractivity contribution in [1.82, 2.24) is 15.1 Å². The predicted octanol–water partition coefficient (Wildman–Crippen LogP) is 4.73. The van der Waals surface area contributed by atoms with Crippen LogP contribution in [0.25, 0.3) is 10.4 Å². The van der Waals surface area contributed by atoms with E-state index >= 15 is 0 Å². The molecular formula is C40H65N7O7. The standard InChI is InChI=1S/C40H65N7O7/c1-11-25(4)37(46(8)40(52)30(27(6)44-45-42)22-33(49)36(43-7)24(2)3)34(53-9)23-35(50)47-19-15-18-31(47)38(54-10)26(5)32(48)21-29(39(41)51)20-28-16-13-12-14-17-28/h12-14,16-17,24-27,29-31,34,36-38,43H,11,15,18-23H2,1-10H3,(H2,41,51)/t25-,26-,27-,29+,30-,31-,34+,36-,37-,38+/m0/s1. The summed E-state index contributed by atoms with van der Waals surface area (Å²) in [5.74, 6) is -3.73. The Balaban J connectivity index is 2.31. The van der Waals surface area contributed by atoms with Crippen LogP contribution in [0.4, 0.5) is 0 Å². The molecule has 0 radical (unpaired) electrons. The monoisotopic (exact) mass is 755 g/mol. The van der Waals surface area contributed by atoms with E-state index in [0.717, 1.165) is 12.0 Å². The van der Waals surface area contributed by atoms with E-state index in [9.17, 15) is 29.5 Å². The van der Waals surface area contributed by atoms with Gasteiger partial charge in [0.2, 0.25) is 17.7 Å². The molecule has 0 saturated carbocycles. The van der Waals surface area contributed by atoms with Crippen molar-refractivity contribution in [2.24, 2.45) is 40.4 Å². The number of nitrogens with one attached hydrogen (secondary N) is 1. The van der Waals surface area contributed by atoms with Crippen LogP contribution in [0.15, 0.2) is 35.4 Å². The molecule has 3 N–H and O–H groups in total. The maximum Gasteiger partial charge on any atom is 0.226 e. The molecule has 1 aromatic rings. The molecule has 0 aliphatic carbocycles. The van der Waals surface area contributed by atoms with Crippen LogP contribution in [0.5, 0.6) is 0 Å². The highest BCUT2D eigenvalue weighted by Gasteiger charge is 2.43. The minimum Gasteiger partial charge on any atom is -0.379 e. The maximum absolute atomic E-state index is 14.3. The van der Waals surface area contributed by atoms with Crippen molar-refractivity contribution in [3.05, 3.63) is 46.3 Å². The first-order valence-corrected chi connectivity index (χ1v) is 19.3. The second kappa shape index (κ2) is 22.5. The van der Waals surface area contributed by atoms with Crippen LogP contribution in [0.2, 0.25) is 0 Å². The molecule has 54 heavy (non-hydrogen) atoms. The molecule has 1 aromatic carbocycles. The number of carbonyl (C=O) groups excluding carboxylic acids is 5. The SMILES string of the molecule is CC[C@H](C)[C@@H]([C@@H](CC(=O)N1CCC[C@H]1[C@H](OC)[C@@H](C)C(=O)C[C@@H](Cc1ccccc1)C(N)=O)OC)N(C)C(=O)[C@@H](CC(=O)[C@@H](NC)C(C)C)[C@H](C)N=[N+]=[N-]. The Hall–Kier alpha value is -3.84. The van der Waals surface area contributed by atoms with Crippen LogP contribution in [0.3, 0.4) is 0 Å². The maximum atomic E-state index is 14.3. The van der Waals surface area contributed by atoms with Crippen molar-refractivity contribution < 1.29 is 33.4 Å². The zero-order valence-corrected chi connectivity index (χ0v) is 34.1. The molecule has 3 amide bonds. The first-order chi connectivity index (χ1) is 25.6. The van der Waals surface area contributed by atoms with E-state index < -0.39 is 54.0 Å². The van der Waals surface area contributed by atoms with Crippen LogP contribution in [-0.4, -0.2) is 110 Å². The number of ketones is 2. The molecule has 1 aliphatic heterocycles. The van der Waals surface area contributed by atoms with E-state index in [0.29, 0.717) is 25.8 Å². The number of primary amides is 1. The van der Waals surface area contributed by atoms with Gasteiger partial charge in [0.1, 0.15) is 5.78 Å². The summed E-state index contributed by atoms with van der Waals surface area (Å²) in [6.45, 7) is 11.7. The Bertz CT molecular complexity index is 1440. The number of nitrogens with zero attached hydrogens (tertiary/aromatic N) is 5. The van der Waals surface area contributed by atoms with Crippen molar-refractivity contribution in [2.75, 3.05) is 34.9 Å². The lowest BCUT2D eigenvalue weighted by Crippen LogP contribution is -2.54. The summed E-state index contributed by atoms with van der Waals surface area (Å²) in [4.78, 5) is 74.1. The van der Waals surface area contributed by atoms with Gasteiger partial charge in [0.05, 0.1) is 42.7 Å². The second-order valence-corrected chi connectivity index (χ2v) is 15.3. The largest absolute Gasteiger partial charge is 0.379 e. The van der Waals surface area contributed by atoms with E-state index in [2.05, 4.69) is 15.3 Å². The third-order valence-electron chi connectivity index (χ3n) is 11.4. The number of methoxy groups -OCH3 is 2. The molecule has 0 spiro atoms. The van der Waals surface area contributed by atoms with E-state index in [1.807, 2.05) is 58.0 Å². The number of nitrogens with two attached hydrogens (primary N) is 1. The molecule has 0 aromatic heterocycles. The Morgan fingerprint density at radius 3 is 2.19 bits per heavy atom. The molecule has 1 aliphatic rings. The summed E-state index contributed by atoms with van der Waals surface area (Å²) < 4.78 is 11.9. The molecular weight excluding hydrogens is 690 g/mol. The molecule has 1 heterocycles. The minimum absolute atomic E-state index is 0.0116. The number of benzene rings is 1. The summed E-state index contributed by atoms with van der Waals surface area (Å²) >= 11 is 0. The van der Waals surface area contributed by atoms with Crippen molar-refractivity contribution >= 4 is 29.3 Å². The van der Waals surface area contributed by atoms with Gasteiger partial charge < -0.3 is 30.3 Å². The topological polar surface area (TPSA) is 197 Å². The number of likely N-dealkylation sites (N-methyl/N-ethyl adjacent to an activating group) is 2. The number of hydrogen-bond donors (Lipinski definition) is 2. The zero-order valence-electron chi connectivity index (χ0n) is 34.1. The first kappa shape index (κ1) is 46.3. The summed E-state index contributed by atoms with van der Waals surface area (Å²) in [6, 6.07) is 7.22. The number of rotatable bonds is 24. The highest BCUT2D eigenvalue weighted by atomic mass is 16.5. The number of Topliss-reactive ketones (excluding diaryl/α,β-unsaturated/α-hetero) is 2.